The molecule has 3 heterocycles. The summed E-state index contributed by atoms with van der Waals surface area (Å²) in [5.41, 5.74) is 1.33. The number of hydrogen-bond donors (Lipinski definition) is 5. The molecule has 0 unspecified atom stereocenters. The quantitative estimate of drug-likeness (QED) is 0.514. The lowest BCUT2D eigenvalue weighted by molar-refractivity contribution is 0.0308. The summed E-state index contributed by atoms with van der Waals surface area (Å²) in [6.07, 6.45) is 3.17. The maximum absolute atomic E-state index is 11.7. The van der Waals surface area contributed by atoms with E-state index in [0.717, 1.165) is 0 Å². The SMILES string of the molecule is CSC[C@H]1N[C@H](c2c[nH]c3c(=O)[nH]cnc23)[C@H](O)[C@@H]1O. The Morgan fingerprint density at radius 3 is 2.90 bits per heavy atom. The van der Waals surface area contributed by atoms with Crippen LogP contribution in [-0.2, 0) is 0 Å². The summed E-state index contributed by atoms with van der Waals surface area (Å²) in [7, 11) is 0. The number of nitrogens with zero attached hydrogens (tertiary/aromatic N) is 1. The fourth-order valence-corrected chi connectivity index (χ4v) is 3.32. The molecular weight excluding hydrogens is 280 g/mol. The van der Waals surface area contributed by atoms with Gasteiger partial charge in [0.25, 0.3) is 5.56 Å². The molecule has 0 spiro atoms. The minimum absolute atomic E-state index is 0.183. The highest BCUT2D eigenvalue weighted by Crippen LogP contribution is 2.31. The van der Waals surface area contributed by atoms with Gasteiger partial charge in [-0.1, -0.05) is 0 Å². The lowest BCUT2D eigenvalue weighted by atomic mass is 10.0. The molecule has 0 bridgehead atoms. The van der Waals surface area contributed by atoms with Crippen LogP contribution >= 0.6 is 11.8 Å². The summed E-state index contributed by atoms with van der Waals surface area (Å²) < 4.78 is 0. The molecule has 4 atom stereocenters. The van der Waals surface area contributed by atoms with Crippen molar-refractivity contribution in [2.75, 3.05) is 12.0 Å². The van der Waals surface area contributed by atoms with E-state index in [2.05, 4.69) is 20.3 Å². The molecule has 2 aromatic heterocycles. The van der Waals surface area contributed by atoms with Crippen LogP contribution in [0, 0.1) is 0 Å². The largest absolute Gasteiger partial charge is 0.389 e. The summed E-state index contributed by atoms with van der Waals surface area (Å²) >= 11 is 1.60. The van der Waals surface area contributed by atoms with E-state index in [1.54, 1.807) is 18.0 Å². The van der Waals surface area contributed by atoms with Crippen LogP contribution in [0.15, 0.2) is 17.3 Å². The third-order valence-electron chi connectivity index (χ3n) is 3.68. The molecule has 0 aromatic carbocycles. The number of aliphatic hydroxyl groups excluding tert-OH is 2. The molecule has 108 valence electrons. The Kier molecular flexibility index (Phi) is 3.55. The Balaban J connectivity index is 1.99. The Bertz CT molecular complexity index is 670. The zero-order valence-corrected chi connectivity index (χ0v) is 11.6. The van der Waals surface area contributed by atoms with E-state index in [1.165, 1.54) is 6.33 Å². The summed E-state index contributed by atoms with van der Waals surface area (Å²) in [6, 6.07) is -0.623. The molecule has 0 amide bonds. The summed E-state index contributed by atoms with van der Waals surface area (Å²) in [4.78, 5) is 21.2. The van der Waals surface area contributed by atoms with Gasteiger partial charge in [0.15, 0.2) is 0 Å². The maximum Gasteiger partial charge on any atom is 0.275 e. The molecule has 0 saturated carbocycles. The van der Waals surface area contributed by atoms with Crippen molar-refractivity contribution in [3.63, 3.8) is 0 Å². The van der Waals surface area contributed by atoms with Crippen molar-refractivity contribution in [2.24, 2.45) is 0 Å². The fourth-order valence-electron chi connectivity index (χ4n) is 2.67. The summed E-state index contributed by atoms with van der Waals surface area (Å²) in [6.45, 7) is 0. The number of thioether (sulfide) groups is 1. The molecule has 7 nitrogen and oxygen atoms in total. The van der Waals surface area contributed by atoms with Gasteiger partial charge in [0.1, 0.15) is 17.1 Å². The van der Waals surface area contributed by atoms with E-state index in [9.17, 15) is 15.0 Å². The van der Waals surface area contributed by atoms with E-state index in [4.69, 9.17) is 0 Å². The van der Waals surface area contributed by atoms with Gasteiger partial charge in [-0.3, -0.25) is 4.79 Å². The number of aromatic amines is 2. The van der Waals surface area contributed by atoms with E-state index in [0.29, 0.717) is 22.3 Å². The zero-order chi connectivity index (χ0) is 14.3. The Hall–Kier alpha value is -1.35. The second kappa shape index (κ2) is 5.21. The van der Waals surface area contributed by atoms with Crippen molar-refractivity contribution in [3.05, 3.63) is 28.4 Å². The first-order valence-corrected chi connectivity index (χ1v) is 7.68. The number of hydrogen-bond acceptors (Lipinski definition) is 6. The van der Waals surface area contributed by atoms with E-state index >= 15 is 0 Å². The van der Waals surface area contributed by atoms with Crippen LogP contribution in [0.2, 0.25) is 0 Å². The lowest BCUT2D eigenvalue weighted by Gasteiger charge is -2.14. The van der Waals surface area contributed by atoms with Crippen molar-refractivity contribution in [3.8, 4) is 0 Å². The van der Waals surface area contributed by atoms with Crippen molar-refractivity contribution in [1.29, 1.82) is 0 Å². The molecule has 1 fully saturated rings. The van der Waals surface area contributed by atoms with E-state index in [-0.39, 0.29) is 11.6 Å². The predicted molar refractivity (Wildman–Crippen MR) is 76.8 cm³/mol. The number of nitrogens with one attached hydrogen (secondary N) is 3. The number of fused-ring (bicyclic) bond motifs is 1. The van der Waals surface area contributed by atoms with Gasteiger partial charge < -0.3 is 25.5 Å². The maximum atomic E-state index is 11.7. The molecule has 2 aromatic rings. The van der Waals surface area contributed by atoms with Crippen molar-refractivity contribution < 1.29 is 10.2 Å². The molecule has 8 heteroatoms. The minimum atomic E-state index is -0.924. The topological polar surface area (TPSA) is 114 Å². The van der Waals surface area contributed by atoms with Crippen LogP contribution in [0.3, 0.4) is 0 Å². The highest BCUT2D eigenvalue weighted by molar-refractivity contribution is 7.98. The first-order chi connectivity index (χ1) is 9.63. The van der Waals surface area contributed by atoms with E-state index in [1.807, 2.05) is 6.26 Å². The molecule has 20 heavy (non-hydrogen) atoms. The average molecular weight is 296 g/mol. The van der Waals surface area contributed by atoms with Crippen LogP contribution in [0.5, 0.6) is 0 Å². The Morgan fingerprint density at radius 1 is 1.35 bits per heavy atom. The van der Waals surface area contributed by atoms with Gasteiger partial charge >= 0.3 is 0 Å². The molecule has 1 aliphatic heterocycles. The highest BCUT2D eigenvalue weighted by atomic mass is 32.2. The third kappa shape index (κ3) is 2.05. The van der Waals surface area contributed by atoms with Crippen molar-refractivity contribution >= 4 is 22.8 Å². The Morgan fingerprint density at radius 2 is 2.15 bits per heavy atom. The average Bonchev–Trinajstić information content (AvgIpc) is 2.97. The molecule has 0 radical (unpaired) electrons. The summed E-state index contributed by atoms with van der Waals surface area (Å²) in [5.74, 6) is 0.699. The van der Waals surface area contributed by atoms with E-state index < -0.39 is 18.2 Å². The Labute approximate surface area is 118 Å². The summed E-state index contributed by atoms with van der Waals surface area (Å²) in [5, 5.41) is 23.5. The number of aliphatic hydroxyl groups is 2. The normalized spacial score (nSPS) is 30.1. The first kappa shape index (κ1) is 13.6. The second-order valence-electron chi connectivity index (χ2n) is 4.89. The molecule has 1 saturated heterocycles. The lowest BCUT2D eigenvalue weighted by Crippen LogP contribution is -2.34. The van der Waals surface area contributed by atoms with Crippen molar-refractivity contribution in [2.45, 2.75) is 24.3 Å². The monoisotopic (exact) mass is 296 g/mol. The van der Waals surface area contributed by atoms with Gasteiger partial charge in [0.05, 0.1) is 18.5 Å². The molecule has 0 aliphatic carbocycles. The van der Waals surface area contributed by atoms with Gasteiger partial charge in [0, 0.05) is 23.6 Å². The number of aromatic nitrogens is 3. The molecule has 3 rings (SSSR count). The molecule has 5 N–H and O–H groups in total. The van der Waals surface area contributed by atoms with Gasteiger partial charge in [-0.15, -0.1) is 0 Å². The number of H-pyrrole nitrogens is 2. The van der Waals surface area contributed by atoms with Crippen LogP contribution < -0.4 is 10.9 Å². The third-order valence-corrected chi connectivity index (χ3v) is 4.37. The van der Waals surface area contributed by atoms with Crippen LogP contribution in [0.25, 0.3) is 11.0 Å². The van der Waals surface area contributed by atoms with Crippen LogP contribution in [-0.4, -0.2) is 55.4 Å². The van der Waals surface area contributed by atoms with Gasteiger partial charge in [-0.25, -0.2) is 4.98 Å². The standard InChI is InChI=1S/C12H16N4O3S/c1-20-3-6-10(17)11(18)8(16-6)5-2-13-9-7(5)14-4-15-12(9)19/h2,4,6,8,10-11,13,16-18H,3H2,1H3,(H,14,15,19)/t6-,8-,10-,11+/m1/s1. The van der Waals surface area contributed by atoms with Gasteiger partial charge in [0.2, 0.25) is 0 Å². The molecule has 1 aliphatic rings. The van der Waals surface area contributed by atoms with Gasteiger partial charge in [-0.05, 0) is 6.26 Å². The first-order valence-electron chi connectivity index (χ1n) is 6.29. The smallest absolute Gasteiger partial charge is 0.275 e. The van der Waals surface area contributed by atoms with Crippen molar-refractivity contribution in [1.82, 2.24) is 20.3 Å². The molecular formula is C12H16N4O3S. The fraction of sp³-hybridized carbons (Fsp3) is 0.500. The van der Waals surface area contributed by atoms with Crippen LogP contribution in [0.4, 0.5) is 0 Å². The highest BCUT2D eigenvalue weighted by Gasteiger charge is 2.42. The minimum Gasteiger partial charge on any atom is -0.389 e. The van der Waals surface area contributed by atoms with Crippen LogP contribution in [0.1, 0.15) is 11.6 Å². The number of rotatable bonds is 3. The zero-order valence-electron chi connectivity index (χ0n) is 10.8. The van der Waals surface area contributed by atoms with Gasteiger partial charge in [-0.2, -0.15) is 11.8 Å². The predicted octanol–water partition coefficient (Wildman–Crippen LogP) is -0.651. The second-order valence-corrected chi connectivity index (χ2v) is 5.80.